The average Bonchev–Trinajstić information content (AvgIpc) is 3.21. The molecule has 21 heavy (non-hydrogen) atoms. The van der Waals surface area contributed by atoms with E-state index in [-0.39, 0.29) is 0 Å². The minimum Gasteiger partial charge on any atom is -0.313 e. The number of nitrogens with one attached hydrogen (secondary N) is 1. The average molecular weight is 293 g/mol. The van der Waals surface area contributed by atoms with E-state index in [0.717, 1.165) is 12.0 Å². The Labute approximate surface area is 132 Å². The lowest BCUT2D eigenvalue weighted by molar-refractivity contribution is 0.133. The van der Waals surface area contributed by atoms with Crippen LogP contribution in [0.4, 0.5) is 0 Å². The molecule has 0 aromatic rings. The summed E-state index contributed by atoms with van der Waals surface area (Å²) in [5, 5.41) is 3.87. The maximum absolute atomic E-state index is 3.87. The molecular formula is C19H36N2. The standard InChI is InChI=1S/C19H36N2/c1-21(14-17-8-4-5-9-17)16-19(15-20-18-10-11-18)12-6-2-3-7-13-19/h17-18,20H,2-16H2,1H3. The molecule has 2 nitrogen and oxygen atoms in total. The number of rotatable bonds is 7. The molecule has 0 bridgehead atoms. The molecule has 122 valence electrons. The highest BCUT2D eigenvalue weighted by molar-refractivity contribution is 4.91. The van der Waals surface area contributed by atoms with Crippen molar-refractivity contribution >= 4 is 0 Å². The molecule has 0 aromatic heterocycles. The van der Waals surface area contributed by atoms with E-state index in [1.54, 1.807) is 0 Å². The highest BCUT2D eigenvalue weighted by Gasteiger charge is 2.34. The van der Waals surface area contributed by atoms with Gasteiger partial charge in [0.15, 0.2) is 0 Å². The molecular weight excluding hydrogens is 256 g/mol. The van der Waals surface area contributed by atoms with Crippen LogP contribution in [-0.4, -0.2) is 37.6 Å². The molecule has 0 unspecified atom stereocenters. The van der Waals surface area contributed by atoms with Gasteiger partial charge < -0.3 is 10.2 Å². The van der Waals surface area contributed by atoms with Crippen LogP contribution in [0.1, 0.15) is 77.0 Å². The van der Waals surface area contributed by atoms with Crippen LogP contribution in [-0.2, 0) is 0 Å². The summed E-state index contributed by atoms with van der Waals surface area (Å²) in [6.45, 7) is 3.97. The fourth-order valence-corrected chi connectivity index (χ4v) is 4.79. The van der Waals surface area contributed by atoms with Gasteiger partial charge in [-0.1, -0.05) is 38.5 Å². The Kier molecular flexibility index (Phi) is 5.61. The van der Waals surface area contributed by atoms with Crippen molar-refractivity contribution in [2.75, 3.05) is 26.7 Å². The second kappa shape index (κ2) is 7.46. The lowest BCUT2D eigenvalue weighted by Gasteiger charge is -2.38. The van der Waals surface area contributed by atoms with E-state index in [0.29, 0.717) is 5.41 Å². The SMILES string of the molecule is CN(CC1CCCC1)CC1(CNC2CC2)CCCCCC1. The van der Waals surface area contributed by atoms with Crippen LogP contribution in [0.2, 0.25) is 0 Å². The molecule has 3 aliphatic rings. The van der Waals surface area contributed by atoms with Crippen molar-refractivity contribution < 1.29 is 0 Å². The number of hydrogen-bond donors (Lipinski definition) is 1. The molecule has 2 heteroatoms. The van der Waals surface area contributed by atoms with E-state index >= 15 is 0 Å². The monoisotopic (exact) mass is 292 g/mol. The zero-order chi connectivity index (χ0) is 14.5. The molecule has 1 N–H and O–H groups in total. The first kappa shape index (κ1) is 15.8. The van der Waals surface area contributed by atoms with Crippen molar-refractivity contribution in [2.24, 2.45) is 11.3 Å². The smallest absolute Gasteiger partial charge is 0.00684 e. The lowest BCUT2D eigenvalue weighted by Crippen LogP contribution is -2.44. The molecule has 0 saturated heterocycles. The fourth-order valence-electron chi connectivity index (χ4n) is 4.79. The van der Waals surface area contributed by atoms with Crippen LogP contribution in [0.5, 0.6) is 0 Å². The highest BCUT2D eigenvalue weighted by atomic mass is 15.1. The van der Waals surface area contributed by atoms with Gasteiger partial charge in [-0.05, 0) is 56.9 Å². The largest absolute Gasteiger partial charge is 0.313 e. The van der Waals surface area contributed by atoms with Crippen LogP contribution in [0.3, 0.4) is 0 Å². The van der Waals surface area contributed by atoms with Gasteiger partial charge in [0, 0.05) is 25.7 Å². The zero-order valence-corrected chi connectivity index (χ0v) is 14.2. The van der Waals surface area contributed by atoms with Crippen molar-refractivity contribution in [1.82, 2.24) is 10.2 Å². The molecule has 3 rings (SSSR count). The number of nitrogens with zero attached hydrogens (tertiary/aromatic N) is 1. The van der Waals surface area contributed by atoms with Crippen LogP contribution in [0, 0.1) is 11.3 Å². The van der Waals surface area contributed by atoms with Gasteiger partial charge >= 0.3 is 0 Å². The summed E-state index contributed by atoms with van der Waals surface area (Å²) in [5.74, 6) is 0.995. The molecule has 3 aliphatic carbocycles. The first-order valence-corrected chi connectivity index (χ1v) is 9.68. The van der Waals surface area contributed by atoms with Crippen LogP contribution >= 0.6 is 0 Å². The summed E-state index contributed by atoms with van der Waals surface area (Å²) < 4.78 is 0. The molecule has 0 amide bonds. The Morgan fingerprint density at radius 1 is 0.905 bits per heavy atom. The van der Waals surface area contributed by atoms with Crippen molar-refractivity contribution in [2.45, 2.75) is 83.1 Å². The first-order valence-electron chi connectivity index (χ1n) is 9.68. The summed E-state index contributed by atoms with van der Waals surface area (Å²) in [4.78, 5) is 2.69. The summed E-state index contributed by atoms with van der Waals surface area (Å²) in [6.07, 6.45) is 17.6. The van der Waals surface area contributed by atoms with Gasteiger partial charge in [-0.15, -0.1) is 0 Å². The Morgan fingerprint density at radius 3 is 2.19 bits per heavy atom. The molecule has 0 aromatic carbocycles. The van der Waals surface area contributed by atoms with Gasteiger partial charge in [0.25, 0.3) is 0 Å². The summed E-state index contributed by atoms with van der Waals surface area (Å²) in [7, 11) is 2.39. The van der Waals surface area contributed by atoms with Gasteiger partial charge in [-0.3, -0.25) is 0 Å². The Bertz CT molecular complexity index is 297. The lowest BCUT2D eigenvalue weighted by atomic mass is 9.79. The molecule has 0 spiro atoms. The van der Waals surface area contributed by atoms with Crippen LogP contribution < -0.4 is 5.32 Å². The van der Waals surface area contributed by atoms with Gasteiger partial charge in [-0.2, -0.15) is 0 Å². The van der Waals surface area contributed by atoms with Crippen LogP contribution in [0.15, 0.2) is 0 Å². The fraction of sp³-hybridized carbons (Fsp3) is 1.00. The molecule has 3 saturated carbocycles. The number of hydrogen-bond acceptors (Lipinski definition) is 2. The third kappa shape index (κ3) is 4.96. The minimum absolute atomic E-state index is 0.576. The van der Waals surface area contributed by atoms with E-state index in [1.165, 1.54) is 96.7 Å². The second-order valence-corrected chi connectivity index (χ2v) is 8.42. The van der Waals surface area contributed by atoms with Gasteiger partial charge in [0.05, 0.1) is 0 Å². The Morgan fingerprint density at radius 2 is 1.57 bits per heavy atom. The molecule has 0 radical (unpaired) electrons. The molecule has 3 fully saturated rings. The third-order valence-corrected chi connectivity index (χ3v) is 6.16. The molecule has 0 heterocycles. The van der Waals surface area contributed by atoms with Gasteiger partial charge in [0.2, 0.25) is 0 Å². The van der Waals surface area contributed by atoms with Gasteiger partial charge in [0.1, 0.15) is 0 Å². The topological polar surface area (TPSA) is 15.3 Å². The maximum Gasteiger partial charge on any atom is 0.00684 e. The van der Waals surface area contributed by atoms with E-state index in [9.17, 15) is 0 Å². The van der Waals surface area contributed by atoms with Crippen molar-refractivity contribution in [3.8, 4) is 0 Å². The minimum atomic E-state index is 0.576. The van der Waals surface area contributed by atoms with E-state index in [1.807, 2.05) is 0 Å². The predicted molar refractivity (Wildman–Crippen MR) is 90.6 cm³/mol. The first-order chi connectivity index (χ1) is 10.3. The maximum atomic E-state index is 3.87. The zero-order valence-electron chi connectivity index (χ0n) is 14.2. The van der Waals surface area contributed by atoms with Crippen molar-refractivity contribution in [3.63, 3.8) is 0 Å². The Balaban J connectivity index is 1.53. The molecule has 0 aliphatic heterocycles. The van der Waals surface area contributed by atoms with E-state index < -0.39 is 0 Å². The normalized spacial score (nSPS) is 27.1. The van der Waals surface area contributed by atoms with E-state index in [4.69, 9.17) is 0 Å². The summed E-state index contributed by atoms with van der Waals surface area (Å²) in [6, 6.07) is 0.866. The van der Waals surface area contributed by atoms with Crippen molar-refractivity contribution in [3.05, 3.63) is 0 Å². The summed E-state index contributed by atoms with van der Waals surface area (Å²) in [5.41, 5.74) is 0.576. The summed E-state index contributed by atoms with van der Waals surface area (Å²) >= 11 is 0. The van der Waals surface area contributed by atoms with Crippen LogP contribution in [0.25, 0.3) is 0 Å². The van der Waals surface area contributed by atoms with Crippen molar-refractivity contribution in [1.29, 1.82) is 0 Å². The molecule has 0 atom stereocenters. The quantitative estimate of drug-likeness (QED) is 0.707. The second-order valence-electron chi connectivity index (χ2n) is 8.42. The predicted octanol–water partition coefficient (Wildman–Crippen LogP) is 4.20. The highest BCUT2D eigenvalue weighted by Crippen LogP contribution is 2.37. The third-order valence-electron chi connectivity index (χ3n) is 6.16. The van der Waals surface area contributed by atoms with Gasteiger partial charge in [-0.25, -0.2) is 0 Å². The van der Waals surface area contributed by atoms with E-state index in [2.05, 4.69) is 17.3 Å². The Hall–Kier alpha value is -0.0800.